The van der Waals surface area contributed by atoms with Crippen LogP contribution < -0.4 is 0 Å². The summed E-state index contributed by atoms with van der Waals surface area (Å²) in [6.07, 6.45) is 58.1. The number of allylic oxidation sites excluding steroid dienone is 17. The maximum Gasteiger partial charge on any atom is 0.472 e. The Bertz CT molecular complexity index is 1550. The van der Waals surface area contributed by atoms with Crippen LogP contribution in [-0.4, -0.2) is 66.5 Å². The molecule has 0 aromatic heterocycles. The van der Waals surface area contributed by atoms with Crippen LogP contribution in [0.15, 0.2) is 109 Å². The van der Waals surface area contributed by atoms with Crippen LogP contribution in [0.5, 0.6) is 0 Å². The van der Waals surface area contributed by atoms with Gasteiger partial charge in [-0.2, -0.15) is 0 Å². The first-order valence-electron chi connectivity index (χ1n) is 25.8. The van der Waals surface area contributed by atoms with E-state index in [9.17, 15) is 28.9 Å². The molecule has 12 heteroatoms. The topological polar surface area (TPSA) is 155 Å². The summed E-state index contributed by atoms with van der Waals surface area (Å²) in [6.45, 7) is 4.21. The summed E-state index contributed by atoms with van der Waals surface area (Å²) < 4.78 is 39.1. The lowest BCUT2D eigenvalue weighted by Gasteiger charge is -2.21. The molecule has 0 spiro atoms. The fraction of sp³-hybridized carbons (Fsp3) is 0.625. The van der Waals surface area contributed by atoms with Crippen LogP contribution in [0, 0.1) is 0 Å². The lowest BCUT2D eigenvalue weighted by atomic mass is 10.1. The highest BCUT2D eigenvalue weighted by Gasteiger charge is 2.28. The number of rotatable bonds is 46. The normalized spacial score (nSPS) is 14.4. The Morgan fingerprint density at radius 3 is 1.29 bits per heavy atom. The zero-order valence-corrected chi connectivity index (χ0v) is 43.2. The summed E-state index contributed by atoms with van der Waals surface area (Å²) >= 11 is 0. The van der Waals surface area contributed by atoms with Gasteiger partial charge in [-0.3, -0.25) is 23.4 Å². The van der Waals surface area contributed by atoms with Crippen molar-refractivity contribution in [2.75, 3.05) is 26.4 Å². The number of unbranched alkanes of at least 4 members (excludes halogenated alkanes) is 12. The van der Waals surface area contributed by atoms with Crippen molar-refractivity contribution in [1.82, 2.24) is 0 Å². The molecule has 0 bridgehead atoms. The van der Waals surface area contributed by atoms with E-state index in [0.29, 0.717) is 19.3 Å². The second-order valence-electron chi connectivity index (χ2n) is 16.6. The molecule has 0 amide bonds. The van der Waals surface area contributed by atoms with Crippen molar-refractivity contribution >= 4 is 25.7 Å². The van der Waals surface area contributed by atoms with E-state index in [4.69, 9.17) is 23.3 Å². The van der Waals surface area contributed by atoms with Crippen LogP contribution in [0.25, 0.3) is 0 Å². The van der Waals surface area contributed by atoms with Gasteiger partial charge in [-0.15, -0.1) is 0 Å². The van der Waals surface area contributed by atoms with Crippen LogP contribution in [-0.2, 0) is 42.2 Å². The summed E-state index contributed by atoms with van der Waals surface area (Å²) in [7, 11) is -4.78. The Morgan fingerprint density at radius 2 is 0.824 bits per heavy atom. The molecule has 0 heterocycles. The molecule has 0 aliphatic carbocycles. The monoisotopic (exact) mass is 971 g/mol. The van der Waals surface area contributed by atoms with Gasteiger partial charge in [-0.05, 0) is 83.5 Å². The minimum absolute atomic E-state index is 0.0715. The molecule has 0 aliphatic heterocycles. The Labute approximate surface area is 412 Å². The van der Waals surface area contributed by atoms with Gasteiger partial charge in [0.1, 0.15) is 12.7 Å². The lowest BCUT2D eigenvalue weighted by Crippen LogP contribution is -2.30. The fourth-order valence-corrected chi connectivity index (χ4v) is 7.15. The van der Waals surface area contributed by atoms with Gasteiger partial charge in [0.05, 0.1) is 26.2 Å². The maximum atomic E-state index is 12.8. The van der Waals surface area contributed by atoms with Crippen molar-refractivity contribution in [3.05, 3.63) is 109 Å². The second kappa shape index (κ2) is 49.6. The predicted octanol–water partition coefficient (Wildman–Crippen LogP) is 14.7. The highest BCUT2D eigenvalue weighted by molar-refractivity contribution is 7.47. The molecule has 0 rings (SSSR count). The van der Waals surface area contributed by atoms with Gasteiger partial charge in [-0.25, -0.2) is 4.57 Å². The highest BCUT2D eigenvalue weighted by Crippen LogP contribution is 2.43. The molecule has 2 N–H and O–H groups in total. The number of hydrogen-bond donors (Lipinski definition) is 2. The zero-order valence-electron chi connectivity index (χ0n) is 42.3. The largest absolute Gasteiger partial charge is 0.472 e. The maximum absolute atomic E-state index is 12.8. The van der Waals surface area contributed by atoms with E-state index in [1.54, 1.807) is 6.08 Å². The first-order valence-corrected chi connectivity index (χ1v) is 27.3. The fourth-order valence-electron chi connectivity index (χ4n) is 6.36. The minimum Gasteiger partial charge on any atom is -0.462 e. The number of ether oxygens (including phenoxy) is 3. The van der Waals surface area contributed by atoms with Crippen molar-refractivity contribution in [3.63, 3.8) is 0 Å². The molecule has 0 aliphatic rings. The summed E-state index contributed by atoms with van der Waals surface area (Å²) in [5.74, 6) is -1.67. The third-order valence-corrected chi connectivity index (χ3v) is 11.2. The molecular formula is C56H91O11P. The Hall–Kier alpha value is -3.86. The van der Waals surface area contributed by atoms with E-state index >= 15 is 0 Å². The molecule has 11 nitrogen and oxygen atoms in total. The molecule has 68 heavy (non-hydrogen) atoms. The Kier molecular flexibility index (Phi) is 46.7. The van der Waals surface area contributed by atoms with Gasteiger partial charge >= 0.3 is 25.7 Å². The number of carbonyl (C=O) groups is 3. The van der Waals surface area contributed by atoms with Crippen molar-refractivity contribution in [3.8, 4) is 0 Å². The van der Waals surface area contributed by atoms with Crippen molar-refractivity contribution < 1.29 is 52.2 Å². The highest BCUT2D eigenvalue weighted by atomic mass is 31.2. The smallest absolute Gasteiger partial charge is 0.462 e. The van der Waals surface area contributed by atoms with Crippen molar-refractivity contribution in [1.29, 1.82) is 0 Å². The van der Waals surface area contributed by atoms with Crippen molar-refractivity contribution in [2.24, 2.45) is 0 Å². The Morgan fingerprint density at radius 1 is 0.441 bits per heavy atom. The molecule has 3 unspecified atom stereocenters. The number of hydrogen-bond acceptors (Lipinski definition) is 10. The quantitative estimate of drug-likeness (QED) is 0.0197. The van der Waals surface area contributed by atoms with Gasteiger partial charge < -0.3 is 24.2 Å². The molecule has 3 atom stereocenters. The van der Waals surface area contributed by atoms with Gasteiger partial charge in [0.2, 0.25) is 0 Å². The van der Waals surface area contributed by atoms with Crippen LogP contribution in [0.1, 0.15) is 188 Å². The molecule has 0 radical (unpaired) electrons. The van der Waals surface area contributed by atoms with Crippen LogP contribution in [0.3, 0.4) is 0 Å². The van der Waals surface area contributed by atoms with E-state index in [1.165, 1.54) is 44.9 Å². The summed E-state index contributed by atoms with van der Waals surface area (Å²) in [4.78, 5) is 48.2. The van der Waals surface area contributed by atoms with Crippen LogP contribution in [0.2, 0.25) is 0 Å². The van der Waals surface area contributed by atoms with Crippen LogP contribution in [0.4, 0.5) is 0 Å². The summed E-state index contributed by atoms with van der Waals surface area (Å²) in [5.41, 5.74) is 0. The number of phosphoric ester groups is 1. The second-order valence-corrected chi connectivity index (χ2v) is 18.0. The molecular weight excluding hydrogens is 880 g/mol. The molecule has 0 saturated carbocycles. The van der Waals surface area contributed by atoms with Gasteiger partial charge in [0.15, 0.2) is 6.10 Å². The lowest BCUT2D eigenvalue weighted by molar-refractivity contribution is -0.160. The predicted molar refractivity (Wildman–Crippen MR) is 279 cm³/mol. The minimum atomic E-state index is -4.78. The number of aliphatic hydroxyl groups is 1. The number of aliphatic hydroxyl groups excluding tert-OH is 1. The average Bonchev–Trinajstić information content (AvgIpc) is 3.32. The molecule has 0 fully saturated rings. The number of phosphoric acid groups is 1. The Balaban J connectivity index is 4.89. The zero-order chi connectivity index (χ0) is 49.9. The third kappa shape index (κ3) is 47.2. The van der Waals surface area contributed by atoms with Crippen LogP contribution >= 0.6 is 7.82 Å². The first kappa shape index (κ1) is 64.1. The molecule has 0 aromatic carbocycles. The van der Waals surface area contributed by atoms with E-state index < -0.39 is 57.8 Å². The number of carbonyl (C=O) groups excluding carboxylic acids is 3. The average molecular weight is 971 g/mol. The van der Waals surface area contributed by atoms with E-state index in [2.05, 4.69) is 106 Å². The van der Waals surface area contributed by atoms with Gasteiger partial charge in [-0.1, -0.05) is 194 Å². The van der Waals surface area contributed by atoms with Gasteiger partial charge in [0.25, 0.3) is 0 Å². The molecule has 0 aromatic rings. The summed E-state index contributed by atoms with van der Waals surface area (Å²) in [5, 5.41) is 9.77. The van der Waals surface area contributed by atoms with E-state index in [-0.39, 0.29) is 25.9 Å². The third-order valence-electron chi connectivity index (χ3n) is 10.2. The van der Waals surface area contributed by atoms with E-state index in [1.807, 2.05) is 18.2 Å². The SMILES string of the molecule is CC/C=C\C/C=C\C/C=C\C/C=C\C/C=C\CC(=O)OC(COC(=O)CCCCCCCCCCCCC)COP(=O)(O)OCC(CO)OC(=O)CCCC/C=C\C/C=C\C/C=C\C/C=C\CC. The summed E-state index contributed by atoms with van der Waals surface area (Å²) in [6, 6.07) is 0. The molecule has 386 valence electrons. The van der Waals surface area contributed by atoms with Crippen molar-refractivity contribution in [2.45, 2.75) is 200 Å². The number of esters is 3. The van der Waals surface area contributed by atoms with Gasteiger partial charge in [0, 0.05) is 12.8 Å². The molecule has 0 saturated heterocycles. The standard InChI is InChI=1S/C56H91O11P/c1-4-7-10-13-16-19-22-24-26-28-31-34-37-40-43-46-55(59)66-52(48-57)50-64-68(61,62)65-51-53(49-63-54(58)45-42-39-36-33-30-21-18-15-12-9-6-3)67-56(60)47-44-41-38-35-32-29-27-25-23-20-17-14-11-8-5-2/h7-8,10-11,16-17,19-20,24-27,31-32,34-35,41,44,52-53,57H,4-6,9,12-15,18,21-23,28-30,33,36-40,42-43,45-51H2,1-3H3,(H,61,62)/b10-7-,11-8-,19-16-,20-17-,26-24-,27-25-,34-31-,35-32-,44-41-. The first-order chi connectivity index (χ1) is 33.2. The van der Waals surface area contributed by atoms with E-state index in [0.717, 1.165) is 83.5 Å².